The van der Waals surface area contributed by atoms with Gasteiger partial charge in [0.25, 0.3) is 0 Å². The number of nitrogens with one attached hydrogen (secondary N) is 1. The van der Waals surface area contributed by atoms with Crippen molar-refractivity contribution in [3.8, 4) is 11.5 Å². The molecule has 2 rings (SSSR count). The predicted octanol–water partition coefficient (Wildman–Crippen LogP) is -0.428. The fourth-order valence-electron chi connectivity index (χ4n) is 1.73. The minimum absolute atomic E-state index is 0.161. The molecule has 0 aliphatic carbocycles. The van der Waals surface area contributed by atoms with Gasteiger partial charge >= 0.3 is 5.97 Å². The predicted molar refractivity (Wildman–Crippen MR) is 70.9 cm³/mol. The molecular formula is C12H15NO7S. The number of hydrogen-bond acceptors (Lipinski definition) is 6. The zero-order chi connectivity index (χ0) is 15.5. The Morgan fingerprint density at radius 3 is 2.57 bits per heavy atom. The Bertz CT molecular complexity index is 628. The number of aliphatic hydroxyl groups excluding tert-OH is 1. The van der Waals surface area contributed by atoms with E-state index in [1.165, 1.54) is 18.2 Å². The molecule has 0 amide bonds. The second kappa shape index (κ2) is 6.29. The highest BCUT2D eigenvalue weighted by Gasteiger charge is 2.26. The van der Waals surface area contributed by atoms with Crippen LogP contribution in [0.4, 0.5) is 0 Å². The normalized spacial score (nSPS) is 16.0. The Morgan fingerprint density at radius 1 is 1.29 bits per heavy atom. The standard InChI is InChI=1S/C12H15NO7S/c14-7-9(12(15)16)13-21(17,18)8-2-3-10-11(6-8)20-5-1-4-19-10/h2-3,6,9,13-14H,1,4-5,7H2,(H,15,16)/t9-/m1/s1. The fourth-order valence-corrected chi connectivity index (χ4v) is 2.93. The van der Waals surface area contributed by atoms with E-state index in [0.717, 1.165) is 0 Å². The molecule has 0 unspecified atom stereocenters. The minimum Gasteiger partial charge on any atom is -0.490 e. The third-order valence-electron chi connectivity index (χ3n) is 2.81. The van der Waals surface area contributed by atoms with Crippen LogP contribution in [0.25, 0.3) is 0 Å². The molecule has 9 heteroatoms. The van der Waals surface area contributed by atoms with Crippen LogP contribution in [0.5, 0.6) is 11.5 Å². The number of rotatable bonds is 5. The summed E-state index contributed by atoms with van der Waals surface area (Å²) in [5.74, 6) is -0.745. The van der Waals surface area contributed by atoms with E-state index in [4.69, 9.17) is 19.7 Å². The van der Waals surface area contributed by atoms with Crippen LogP contribution in [0.3, 0.4) is 0 Å². The van der Waals surface area contributed by atoms with E-state index in [-0.39, 0.29) is 10.6 Å². The van der Waals surface area contributed by atoms with Crippen molar-refractivity contribution in [1.82, 2.24) is 4.72 Å². The summed E-state index contributed by atoms with van der Waals surface area (Å²) in [6, 6.07) is 2.39. The summed E-state index contributed by atoms with van der Waals surface area (Å²) in [7, 11) is -4.09. The number of benzene rings is 1. The molecule has 1 aliphatic heterocycles. The first-order valence-electron chi connectivity index (χ1n) is 6.19. The third-order valence-corrected chi connectivity index (χ3v) is 4.28. The molecule has 116 valence electrons. The van der Waals surface area contributed by atoms with Crippen LogP contribution in [0.15, 0.2) is 23.1 Å². The van der Waals surface area contributed by atoms with E-state index in [1.807, 2.05) is 4.72 Å². The largest absolute Gasteiger partial charge is 0.490 e. The Labute approximate surface area is 121 Å². The molecule has 0 bridgehead atoms. The lowest BCUT2D eigenvalue weighted by Crippen LogP contribution is -2.43. The average Bonchev–Trinajstić information content (AvgIpc) is 2.68. The molecule has 21 heavy (non-hydrogen) atoms. The Hall–Kier alpha value is -1.84. The second-order valence-corrected chi connectivity index (χ2v) is 6.07. The van der Waals surface area contributed by atoms with E-state index in [9.17, 15) is 13.2 Å². The summed E-state index contributed by atoms with van der Waals surface area (Å²) in [6.07, 6.45) is 0.681. The molecule has 1 aliphatic rings. The molecule has 0 saturated heterocycles. The van der Waals surface area contributed by atoms with Crippen molar-refractivity contribution >= 4 is 16.0 Å². The van der Waals surface area contributed by atoms with Crippen molar-refractivity contribution in [1.29, 1.82) is 0 Å². The maximum absolute atomic E-state index is 12.1. The highest BCUT2D eigenvalue weighted by Crippen LogP contribution is 2.31. The van der Waals surface area contributed by atoms with Crippen LogP contribution in [0, 0.1) is 0 Å². The van der Waals surface area contributed by atoms with E-state index >= 15 is 0 Å². The molecule has 0 radical (unpaired) electrons. The molecule has 0 saturated carbocycles. The zero-order valence-corrected chi connectivity index (χ0v) is 11.8. The quantitative estimate of drug-likeness (QED) is 0.673. The van der Waals surface area contributed by atoms with E-state index < -0.39 is 28.6 Å². The van der Waals surface area contributed by atoms with Crippen LogP contribution >= 0.6 is 0 Å². The van der Waals surface area contributed by atoms with Gasteiger partial charge in [0.2, 0.25) is 10.0 Å². The molecular weight excluding hydrogens is 302 g/mol. The molecule has 0 spiro atoms. The van der Waals surface area contributed by atoms with Gasteiger partial charge in [-0.15, -0.1) is 0 Å². The number of hydrogen-bond donors (Lipinski definition) is 3. The van der Waals surface area contributed by atoms with Crippen LogP contribution in [0.1, 0.15) is 6.42 Å². The molecule has 1 aromatic rings. The first-order valence-corrected chi connectivity index (χ1v) is 7.68. The van der Waals surface area contributed by atoms with E-state index in [1.54, 1.807) is 0 Å². The molecule has 0 fully saturated rings. The Balaban J connectivity index is 2.28. The number of carboxylic acid groups (broad SMARTS) is 1. The van der Waals surface area contributed by atoms with Gasteiger partial charge in [-0.1, -0.05) is 0 Å². The van der Waals surface area contributed by atoms with Gasteiger partial charge in [0.15, 0.2) is 11.5 Å². The van der Waals surface area contributed by atoms with E-state index in [0.29, 0.717) is 25.4 Å². The lowest BCUT2D eigenvalue weighted by Gasteiger charge is -2.14. The van der Waals surface area contributed by atoms with Gasteiger partial charge in [0.05, 0.1) is 24.7 Å². The van der Waals surface area contributed by atoms with Gasteiger partial charge in [-0.05, 0) is 12.1 Å². The van der Waals surface area contributed by atoms with Crippen molar-refractivity contribution in [3.63, 3.8) is 0 Å². The maximum Gasteiger partial charge on any atom is 0.324 e. The Kier molecular flexibility index (Phi) is 4.66. The first kappa shape index (κ1) is 15.5. The Morgan fingerprint density at radius 2 is 1.95 bits per heavy atom. The van der Waals surface area contributed by atoms with Gasteiger partial charge in [-0.25, -0.2) is 8.42 Å². The third kappa shape index (κ3) is 3.63. The molecule has 1 aromatic carbocycles. The number of carbonyl (C=O) groups is 1. The lowest BCUT2D eigenvalue weighted by atomic mass is 10.3. The maximum atomic E-state index is 12.1. The summed E-state index contributed by atoms with van der Waals surface area (Å²) in [6.45, 7) is 0.0282. The zero-order valence-electron chi connectivity index (χ0n) is 11.0. The van der Waals surface area contributed by atoms with Crippen molar-refractivity contribution in [2.45, 2.75) is 17.4 Å². The topological polar surface area (TPSA) is 122 Å². The monoisotopic (exact) mass is 317 g/mol. The number of fused-ring (bicyclic) bond motifs is 1. The van der Waals surface area contributed by atoms with Crippen molar-refractivity contribution < 1.29 is 32.9 Å². The molecule has 8 nitrogen and oxygen atoms in total. The van der Waals surface area contributed by atoms with Gasteiger partial charge in [0, 0.05) is 12.5 Å². The molecule has 0 aromatic heterocycles. The van der Waals surface area contributed by atoms with Crippen molar-refractivity contribution in [2.24, 2.45) is 0 Å². The smallest absolute Gasteiger partial charge is 0.324 e. The number of aliphatic carboxylic acids is 1. The van der Waals surface area contributed by atoms with Crippen LogP contribution in [0.2, 0.25) is 0 Å². The average molecular weight is 317 g/mol. The summed E-state index contributed by atoms with van der Waals surface area (Å²) < 4.78 is 36.9. The molecule has 3 N–H and O–H groups in total. The van der Waals surface area contributed by atoms with Gasteiger partial charge in [-0.3, -0.25) is 4.79 Å². The number of sulfonamides is 1. The fraction of sp³-hybridized carbons (Fsp3) is 0.417. The SMILES string of the molecule is O=C(O)[C@@H](CO)NS(=O)(=O)c1ccc2c(c1)OCCCO2. The summed E-state index contributed by atoms with van der Waals surface area (Å²) >= 11 is 0. The highest BCUT2D eigenvalue weighted by atomic mass is 32.2. The van der Waals surface area contributed by atoms with Gasteiger partial charge in [0.1, 0.15) is 6.04 Å². The first-order chi connectivity index (χ1) is 9.94. The molecule has 1 atom stereocenters. The molecule has 1 heterocycles. The number of ether oxygens (including phenoxy) is 2. The van der Waals surface area contributed by atoms with Crippen molar-refractivity contribution in [2.75, 3.05) is 19.8 Å². The highest BCUT2D eigenvalue weighted by molar-refractivity contribution is 7.89. The lowest BCUT2D eigenvalue weighted by molar-refractivity contribution is -0.139. The minimum atomic E-state index is -4.09. The number of aliphatic hydroxyl groups is 1. The number of carboxylic acids is 1. The van der Waals surface area contributed by atoms with Gasteiger partial charge < -0.3 is 19.7 Å². The second-order valence-electron chi connectivity index (χ2n) is 4.35. The van der Waals surface area contributed by atoms with Crippen LogP contribution in [-0.4, -0.2) is 50.5 Å². The summed E-state index contributed by atoms with van der Waals surface area (Å²) in [4.78, 5) is 10.6. The summed E-state index contributed by atoms with van der Waals surface area (Å²) in [5.41, 5.74) is 0. The summed E-state index contributed by atoms with van der Waals surface area (Å²) in [5, 5.41) is 17.7. The van der Waals surface area contributed by atoms with Gasteiger partial charge in [-0.2, -0.15) is 4.72 Å². The van der Waals surface area contributed by atoms with Crippen LogP contribution < -0.4 is 14.2 Å². The van der Waals surface area contributed by atoms with E-state index in [2.05, 4.69) is 0 Å². The van der Waals surface area contributed by atoms with Crippen LogP contribution in [-0.2, 0) is 14.8 Å². The van der Waals surface area contributed by atoms with Crippen molar-refractivity contribution in [3.05, 3.63) is 18.2 Å².